The highest BCUT2D eigenvalue weighted by atomic mass is 15.0. The molecule has 14 aromatic rings. The van der Waals surface area contributed by atoms with E-state index in [1.807, 2.05) is 0 Å². The van der Waals surface area contributed by atoms with Crippen LogP contribution in [-0.2, 0) is 5.41 Å². The van der Waals surface area contributed by atoms with E-state index in [1.54, 1.807) is 0 Å². The van der Waals surface area contributed by atoms with Gasteiger partial charge in [-0.15, -0.1) is 0 Å². The molecule has 0 radical (unpaired) electrons. The van der Waals surface area contributed by atoms with E-state index in [0.29, 0.717) is 0 Å². The van der Waals surface area contributed by atoms with Gasteiger partial charge in [0.25, 0.3) is 0 Å². The quantitative estimate of drug-likeness (QED) is 0.152. The van der Waals surface area contributed by atoms with Crippen molar-refractivity contribution < 1.29 is 0 Å². The van der Waals surface area contributed by atoms with Crippen LogP contribution in [0.4, 0.5) is 0 Å². The Morgan fingerprint density at radius 3 is 1.31 bits per heavy atom. The van der Waals surface area contributed by atoms with Gasteiger partial charge in [0.05, 0.1) is 22.1 Å². The summed E-state index contributed by atoms with van der Waals surface area (Å²) >= 11 is 0. The maximum Gasteiger partial charge on any atom is 0.0541 e. The smallest absolute Gasteiger partial charge is 0.0541 e. The molecule has 2 nitrogen and oxygen atoms in total. The van der Waals surface area contributed by atoms with Gasteiger partial charge < -0.3 is 9.13 Å². The molecule has 0 saturated carbocycles. The molecule has 0 fully saturated rings. The van der Waals surface area contributed by atoms with Crippen LogP contribution in [-0.4, -0.2) is 9.13 Å². The monoisotopic (exact) mass is 902 g/mol. The minimum Gasteiger partial charge on any atom is -0.309 e. The highest BCUT2D eigenvalue weighted by Crippen LogP contribution is 2.52. The van der Waals surface area contributed by atoms with Crippen molar-refractivity contribution in [2.45, 2.75) is 19.3 Å². The third-order valence-electron chi connectivity index (χ3n) is 15.9. The number of rotatable bonds is 5. The predicted molar refractivity (Wildman–Crippen MR) is 302 cm³/mol. The summed E-state index contributed by atoms with van der Waals surface area (Å²) < 4.78 is 4.93. The average molecular weight is 903 g/mol. The fourth-order valence-electron chi connectivity index (χ4n) is 12.6. The second-order valence-corrected chi connectivity index (χ2v) is 20.0. The minimum atomic E-state index is -0.158. The highest BCUT2D eigenvalue weighted by molar-refractivity contribution is 6.23. The average Bonchev–Trinajstić information content (AvgIpc) is 4.02. The Morgan fingerprint density at radius 1 is 0.268 bits per heavy atom. The van der Waals surface area contributed by atoms with Crippen molar-refractivity contribution in [1.29, 1.82) is 0 Å². The molecule has 71 heavy (non-hydrogen) atoms. The molecule has 1 aliphatic rings. The SMILES string of the molecule is CC1(C)c2ccccc2-c2ccc(-c3c4ccc(-n5c6ccccc6c6ccccc65)cc4c(-c4cccc(-c5ccc6ccccc6c5)c4)c4ccc(-n5c6ccccc6c6ccccc65)cc34)cc21. The van der Waals surface area contributed by atoms with E-state index < -0.39 is 0 Å². The third-order valence-corrected chi connectivity index (χ3v) is 15.9. The summed E-state index contributed by atoms with van der Waals surface area (Å²) in [6, 6.07) is 90.9. The molecular weight excluding hydrogens is 857 g/mol. The summed E-state index contributed by atoms with van der Waals surface area (Å²) in [4.78, 5) is 0. The molecular formula is C69H46N2. The zero-order valence-electron chi connectivity index (χ0n) is 39.5. The molecule has 2 heteroatoms. The lowest BCUT2D eigenvalue weighted by Gasteiger charge is -2.24. The highest BCUT2D eigenvalue weighted by Gasteiger charge is 2.35. The molecule has 0 saturated heterocycles. The zero-order valence-corrected chi connectivity index (χ0v) is 39.5. The second-order valence-electron chi connectivity index (χ2n) is 20.0. The molecule has 332 valence electrons. The Kier molecular flexibility index (Phi) is 8.45. The first-order valence-corrected chi connectivity index (χ1v) is 24.8. The Balaban J connectivity index is 1.07. The van der Waals surface area contributed by atoms with E-state index in [4.69, 9.17) is 0 Å². The lowest BCUT2D eigenvalue weighted by Crippen LogP contribution is -2.14. The Labute approximate surface area is 411 Å². The molecule has 0 aliphatic heterocycles. The number of para-hydroxylation sites is 4. The summed E-state index contributed by atoms with van der Waals surface area (Å²) in [6.07, 6.45) is 0. The van der Waals surface area contributed by atoms with Crippen molar-refractivity contribution in [2.75, 3.05) is 0 Å². The number of nitrogens with zero attached hydrogens (tertiary/aromatic N) is 2. The topological polar surface area (TPSA) is 9.86 Å². The second kappa shape index (κ2) is 15.0. The van der Waals surface area contributed by atoms with Gasteiger partial charge in [0.15, 0.2) is 0 Å². The standard InChI is InChI=1S/C69H46N2/c1-69(2)61-25-10-5-20-51(61)52-35-32-48(40-62(52)69)68-58-37-34-49(70-63-26-11-6-21-53(63)54-22-7-12-27-64(54)70)41-59(58)67(47-19-15-18-45(39-47)46-31-30-43-16-3-4-17-44(43)38-46)57-36-33-50(42-60(57)68)71-65-28-13-8-23-55(65)56-24-9-14-29-66(56)71/h3-42H,1-2H3. The van der Waals surface area contributed by atoms with Crippen LogP contribution in [0.1, 0.15) is 25.0 Å². The number of aromatic nitrogens is 2. The summed E-state index contributed by atoms with van der Waals surface area (Å²) in [5.74, 6) is 0. The Hall–Kier alpha value is -8.98. The molecule has 2 aromatic heterocycles. The normalized spacial score (nSPS) is 13.0. The Morgan fingerprint density at radius 2 is 0.718 bits per heavy atom. The van der Waals surface area contributed by atoms with Crippen molar-refractivity contribution in [3.05, 3.63) is 254 Å². The molecule has 0 N–H and O–H groups in total. The van der Waals surface area contributed by atoms with Gasteiger partial charge in [0.2, 0.25) is 0 Å². The van der Waals surface area contributed by atoms with E-state index in [-0.39, 0.29) is 5.41 Å². The van der Waals surface area contributed by atoms with Crippen molar-refractivity contribution >= 4 is 75.9 Å². The van der Waals surface area contributed by atoms with Crippen LogP contribution in [0.15, 0.2) is 243 Å². The third kappa shape index (κ3) is 5.83. The molecule has 0 spiro atoms. The van der Waals surface area contributed by atoms with Crippen molar-refractivity contribution in [1.82, 2.24) is 9.13 Å². The van der Waals surface area contributed by atoms with E-state index in [1.165, 1.54) is 132 Å². The lowest BCUT2D eigenvalue weighted by atomic mass is 9.80. The van der Waals surface area contributed by atoms with E-state index in [9.17, 15) is 0 Å². The fraction of sp³-hybridized carbons (Fsp3) is 0.0435. The van der Waals surface area contributed by atoms with Gasteiger partial charge in [0.1, 0.15) is 0 Å². The van der Waals surface area contributed by atoms with Crippen LogP contribution in [0.5, 0.6) is 0 Å². The first kappa shape index (κ1) is 40.0. The lowest BCUT2D eigenvalue weighted by molar-refractivity contribution is 0.660. The first-order valence-electron chi connectivity index (χ1n) is 24.8. The maximum absolute atomic E-state index is 2.51. The van der Waals surface area contributed by atoms with Crippen molar-refractivity contribution in [2.24, 2.45) is 0 Å². The van der Waals surface area contributed by atoms with Crippen LogP contribution in [0.2, 0.25) is 0 Å². The van der Waals surface area contributed by atoms with E-state index in [0.717, 1.165) is 11.4 Å². The fourth-order valence-corrected chi connectivity index (χ4v) is 12.6. The van der Waals surface area contributed by atoms with Crippen LogP contribution < -0.4 is 0 Å². The molecule has 0 bridgehead atoms. The molecule has 0 amide bonds. The van der Waals surface area contributed by atoms with E-state index in [2.05, 4.69) is 266 Å². The Bertz CT molecular complexity index is 4450. The first-order chi connectivity index (χ1) is 35.0. The molecule has 0 unspecified atom stereocenters. The van der Waals surface area contributed by atoms with Gasteiger partial charge in [-0.1, -0.05) is 190 Å². The molecule has 2 heterocycles. The van der Waals surface area contributed by atoms with Crippen LogP contribution in [0, 0.1) is 0 Å². The van der Waals surface area contributed by atoms with Crippen LogP contribution in [0.25, 0.3) is 132 Å². The zero-order chi connectivity index (χ0) is 47.0. The van der Waals surface area contributed by atoms with Gasteiger partial charge in [-0.3, -0.25) is 0 Å². The maximum atomic E-state index is 2.51. The number of hydrogen-bond acceptors (Lipinski definition) is 0. The number of benzene rings is 12. The van der Waals surface area contributed by atoms with Crippen molar-refractivity contribution in [3.8, 4) is 55.9 Å². The molecule has 0 atom stereocenters. The minimum absolute atomic E-state index is 0.158. The number of fused-ring (bicyclic) bond motifs is 12. The van der Waals surface area contributed by atoms with Gasteiger partial charge in [-0.05, 0) is 155 Å². The van der Waals surface area contributed by atoms with Gasteiger partial charge in [0, 0.05) is 38.3 Å². The summed E-state index contributed by atoms with van der Waals surface area (Å²) in [7, 11) is 0. The molecule has 15 rings (SSSR count). The molecule has 12 aromatic carbocycles. The summed E-state index contributed by atoms with van der Waals surface area (Å²) in [5, 5.41) is 12.4. The van der Waals surface area contributed by atoms with Crippen molar-refractivity contribution in [3.63, 3.8) is 0 Å². The summed E-state index contributed by atoms with van der Waals surface area (Å²) in [6.45, 7) is 4.78. The predicted octanol–water partition coefficient (Wildman–Crippen LogP) is 18.6. The largest absolute Gasteiger partial charge is 0.309 e. The van der Waals surface area contributed by atoms with Gasteiger partial charge in [-0.2, -0.15) is 0 Å². The van der Waals surface area contributed by atoms with Crippen LogP contribution >= 0.6 is 0 Å². The number of hydrogen-bond donors (Lipinski definition) is 0. The van der Waals surface area contributed by atoms with E-state index >= 15 is 0 Å². The van der Waals surface area contributed by atoms with Gasteiger partial charge >= 0.3 is 0 Å². The van der Waals surface area contributed by atoms with Gasteiger partial charge in [-0.25, -0.2) is 0 Å². The summed E-state index contributed by atoms with van der Waals surface area (Å²) in [5.41, 5.74) is 19.6. The molecule has 1 aliphatic carbocycles. The van der Waals surface area contributed by atoms with Crippen LogP contribution in [0.3, 0.4) is 0 Å².